The van der Waals surface area contributed by atoms with E-state index in [4.69, 9.17) is 14.2 Å². The zero-order valence-electron chi connectivity index (χ0n) is 11.7. The van der Waals surface area contributed by atoms with Gasteiger partial charge in [-0.1, -0.05) is 6.58 Å². The molecule has 6 nitrogen and oxygen atoms in total. The standard InChI is InChI=1S/C15H18O6/c1-2-13(16)19-10-5-9(6-10)15(18)20-11-4-3-8-7-12(11)21-14(8)17/h2,8-12H,1,3-7H2. The van der Waals surface area contributed by atoms with E-state index in [0.29, 0.717) is 25.7 Å². The maximum atomic E-state index is 12.0. The van der Waals surface area contributed by atoms with Crippen LogP contribution >= 0.6 is 0 Å². The molecule has 0 aromatic heterocycles. The fraction of sp³-hybridized carbons (Fsp3) is 0.667. The smallest absolute Gasteiger partial charge is 0.330 e. The van der Waals surface area contributed by atoms with Crippen molar-refractivity contribution in [1.29, 1.82) is 0 Å². The van der Waals surface area contributed by atoms with Crippen molar-refractivity contribution in [2.24, 2.45) is 11.8 Å². The van der Waals surface area contributed by atoms with Crippen molar-refractivity contribution < 1.29 is 28.6 Å². The predicted octanol–water partition coefficient (Wildman–Crippen LogP) is 1.13. The number of fused-ring (bicyclic) bond motifs is 2. The molecule has 6 heteroatoms. The second kappa shape index (κ2) is 5.50. The van der Waals surface area contributed by atoms with Crippen LogP contribution in [0.3, 0.4) is 0 Å². The van der Waals surface area contributed by atoms with Crippen molar-refractivity contribution in [3.63, 3.8) is 0 Å². The van der Waals surface area contributed by atoms with Crippen LogP contribution in [0.1, 0.15) is 32.1 Å². The van der Waals surface area contributed by atoms with Crippen LogP contribution in [-0.2, 0) is 28.6 Å². The molecule has 0 aromatic rings. The fourth-order valence-corrected chi connectivity index (χ4v) is 3.13. The molecule has 1 heterocycles. The Morgan fingerprint density at radius 1 is 1.19 bits per heavy atom. The number of rotatable bonds is 4. The third kappa shape index (κ3) is 2.80. The molecule has 3 atom stereocenters. The van der Waals surface area contributed by atoms with Crippen LogP contribution < -0.4 is 0 Å². The van der Waals surface area contributed by atoms with Crippen LogP contribution in [0.25, 0.3) is 0 Å². The van der Waals surface area contributed by atoms with Gasteiger partial charge in [0, 0.05) is 12.5 Å². The van der Waals surface area contributed by atoms with Crippen molar-refractivity contribution in [2.45, 2.75) is 50.4 Å². The minimum absolute atomic E-state index is 0.0173. The normalized spacial score (nSPS) is 37.1. The molecule has 1 saturated heterocycles. The highest BCUT2D eigenvalue weighted by molar-refractivity contribution is 5.81. The van der Waals surface area contributed by atoms with E-state index in [1.54, 1.807) is 0 Å². The summed E-state index contributed by atoms with van der Waals surface area (Å²) in [6.07, 6.45) is 3.29. The Labute approximate surface area is 122 Å². The van der Waals surface area contributed by atoms with E-state index >= 15 is 0 Å². The van der Waals surface area contributed by atoms with Gasteiger partial charge in [0.1, 0.15) is 18.3 Å². The minimum Gasteiger partial charge on any atom is -0.459 e. The van der Waals surface area contributed by atoms with Gasteiger partial charge in [-0.3, -0.25) is 9.59 Å². The number of esters is 3. The molecule has 21 heavy (non-hydrogen) atoms. The van der Waals surface area contributed by atoms with Gasteiger partial charge in [-0.25, -0.2) is 4.79 Å². The van der Waals surface area contributed by atoms with Gasteiger partial charge in [0.05, 0.1) is 11.8 Å². The number of carbonyl (C=O) groups is 3. The molecule has 114 valence electrons. The van der Waals surface area contributed by atoms with Crippen molar-refractivity contribution in [1.82, 2.24) is 0 Å². The van der Waals surface area contributed by atoms with Gasteiger partial charge in [0.2, 0.25) is 0 Å². The van der Waals surface area contributed by atoms with Gasteiger partial charge in [-0.15, -0.1) is 0 Å². The van der Waals surface area contributed by atoms with Gasteiger partial charge in [-0.05, 0) is 25.7 Å². The summed E-state index contributed by atoms with van der Waals surface area (Å²) >= 11 is 0. The molecule has 0 N–H and O–H groups in total. The molecular weight excluding hydrogens is 276 g/mol. The predicted molar refractivity (Wildman–Crippen MR) is 69.9 cm³/mol. The van der Waals surface area contributed by atoms with Gasteiger partial charge in [0.15, 0.2) is 0 Å². The van der Waals surface area contributed by atoms with E-state index in [1.165, 1.54) is 0 Å². The molecule has 0 amide bonds. The molecule has 3 fully saturated rings. The lowest BCUT2D eigenvalue weighted by Crippen LogP contribution is -2.42. The second-order valence-corrected chi connectivity index (χ2v) is 5.89. The molecule has 1 aliphatic heterocycles. The molecule has 2 saturated carbocycles. The molecule has 3 rings (SSSR count). The molecule has 2 bridgehead atoms. The highest BCUT2D eigenvalue weighted by Crippen LogP contribution is 2.38. The minimum atomic E-state index is -0.469. The van der Waals surface area contributed by atoms with E-state index in [2.05, 4.69) is 6.58 Å². The second-order valence-electron chi connectivity index (χ2n) is 5.89. The molecule has 0 spiro atoms. The number of hydrogen-bond acceptors (Lipinski definition) is 6. The summed E-state index contributed by atoms with van der Waals surface area (Å²) in [6, 6.07) is 0. The Kier molecular flexibility index (Phi) is 3.69. The lowest BCUT2D eigenvalue weighted by Gasteiger charge is -2.34. The van der Waals surface area contributed by atoms with Crippen molar-refractivity contribution in [3.05, 3.63) is 12.7 Å². The van der Waals surface area contributed by atoms with E-state index < -0.39 is 5.97 Å². The highest BCUT2D eigenvalue weighted by atomic mass is 16.6. The third-order valence-corrected chi connectivity index (χ3v) is 4.48. The summed E-state index contributed by atoms with van der Waals surface area (Å²) in [5.74, 6) is -1.17. The summed E-state index contributed by atoms with van der Waals surface area (Å²) in [4.78, 5) is 34.5. The van der Waals surface area contributed by atoms with E-state index in [-0.39, 0.29) is 42.1 Å². The monoisotopic (exact) mass is 294 g/mol. The Morgan fingerprint density at radius 3 is 2.67 bits per heavy atom. The first-order chi connectivity index (χ1) is 10.1. The summed E-state index contributed by atoms with van der Waals surface area (Å²) in [5.41, 5.74) is 0. The summed E-state index contributed by atoms with van der Waals surface area (Å²) in [6.45, 7) is 3.32. The first-order valence-corrected chi connectivity index (χ1v) is 7.31. The summed E-state index contributed by atoms with van der Waals surface area (Å²) in [5, 5.41) is 0. The lowest BCUT2D eigenvalue weighted by atomic mass is 9.82. The zero-order chi connectivity index (χ0) is 15.0. The molecule has 3 aliphatic rings. The first-order valence-electron chi connectivity index (χ1n) is 7.31. The average molecular weight is 294 g/mol. The lowest BCUT2D eigenvalue weighted by molar-refractivity contribution is -0.174. The van der Waals surface area contributed by atoms with Crippen molar-refractivity contribution >= 4 is 17.9 Å². The van der Waals surface area contributed by atoms with Gasteiger partial charge in [-0.2, -0.15) is 0 Å². The third-order valence-electron chi connectivity index (χ3n) is 4.48. The SMILES string of the molecule is C=CC(=O)OC1CC(C(=O)OC2CCC3CC2OC3=O)C1. The van der Waals surface area contributed by atoms with Gasteiger partial charge < -0.3 is 14.2 Å². The molecule has 0 aromatic carbocycles. The van der Waals surface area contributed by atoms with Crippen LogP contribution in [0.5, 0.6) is 0 Å². The molecule has 2 aliphatic carbocycles. The van der Waals surface area contributed by atoms with Gasteiger partial charge in [0.25, 0.3) is 0 Å². The molecule has 0 radical (unpaired) electrons. The fourth-order valence-electron chi connectivity index (χ4n) is 3.13. The number of carbonyl (C=O) groups excluding carboxylic acids is 3. The largest absolute Gasteiger partial charge is 0.459 e. The molecule has 3 unspecified atom stereocenters. The number of hydrogen-bond donors (Lipinski definition) is 0. The van der Waals surface area contributed by atoms with E-state index in [9.17, 15) is 14.4 Å². The van der Waals surface area contributed by atoms with E-state index in [1.807, 2.05) is 0 Å². The summed E-state index contributed by atoms with van der Waals surface area (Å²) in [7, 11) is 0. The average Bonchev–Trinajstić information content (AvgIpc) is 2.72. The Morgan fingerprint density at radius 2 is 1.95 bits per heavy atom. The first kappa shape index (κ1) is 14.1. The van der Waals surface area contributed by atoms with Crippen molar-refractivity contribution in [2.75, 3.05) is 0 Å². The van der Waals surface area contributed by atoms with Crippen LogP contribution in [0.4, 0.5) is 0 Å². The highest BCUT2D eigenvalue weighted by Gasteiger charge is 2.46. The van der Waals surface area contributed by atoms with Crippen LogP contribution in [0.2, 0.25) is 0 Å². The maximum absolute atomic E-state index is 12.0. The Hall–Kier alpha value is -1.85. The number of ether oxygens (including phenoxy) is 3. The maximum Gasteiger partial charge on any atom is 0.330 e. The molecular formula is C15H18O6. The van der Waals surface area contributed by atoms with E-state index in [0.717, 1.165) is 12.5 Å². The quantitative estimate of drug-likeness (QED) is 0.439. The Balaban J connectivity index is 1.44. The van der Waals surface area contributed by atoms with Crippen LogP contribution in [-0.4, -0.2) is 36.2 Å². The van der Waals surface area contributed by atoms with Crippen molar-refractivity contribution in [3.8, 4) is 0 Å². The topological polar surface area (TPSA) is 78.9 Å². The van der Waals surface area contributed by atoms with Gasteiger partial charge >= 0.3 is 17.9 Å². The van der Waals surface area contributed by atoms with Crippen LogP contribution in [0.15, 0.2) is 12.7 Å². The zero-order valence-corrected chi connectivity index (χ0v) is 11.7. The van der Waals surface area contributed by atoms with Crippen LogP contribution in [0, 0.1) is 11.8 Å². The summed E-state index contributed by atoms with van der Waals surface area (Å²) < 4.78 is 15.7. The Bertz CT molecular complexity index is 479.